The maximum absolute atomic E-state index is 6.32. The first-order valence-corrected chi connectivity index (χ1v) is 9.15. The van der Waals surface area contributed by atoms with E-state index in [1.165, 1.54) is 30.5 Å². The molecule has 1 heterocycles. The van der Waals surface area contributed by atoms with Gasteiger partial charge in [-0.3, -0.25) is 4.90 Å². The molecule has 1 unspecified atom stereocenters. The SMILES string of the molecule is CCCCN1CCN(C(c2ccccc2)c2ccccc2N)CC1. The molecule has 0 spiro atoms. The Labute approximate surface area is 146 Å². The lowest BCUT2D eigenvalue weighted by Gasteiger charge is -2.40. The van der Waals surface area contributed by atoms with Gasteiger partial charge in [0, 0.05) is 31.9 Å². The molecular formula is C21H29N3. The molecular weight excluding hydrogens is 294 g/mol. The first kappa shape index (κ1) is 17.0. The smallest absolute Gasteiger partial charge is 0.0623 e. The van der Waals surface area contributed by atoms with Crippen molar-refractivity contribution in [3.05, 3.63) is 65.7 Å². The predicted octanol–water partition coefficient (Wildman–Crippen LogP) is 3.78. The minimum absolute atomic E-state index is 0.251. The lowest BCUT2D eigenvalue weighted by Crippen LogP contribution is -2.48. The number of anilines is 1. The average molecular weight is 323 g/mol. The Morgan fingerprint density at radius 2 is 1.58 bits per heavy atom. The summed E-state index contributed by atoms with van der Waals surface area (Å²) in [4.78, 5) is 5.18. The lowest BCUT2D eigenvalue weighted by molar-refractivity contribution is 0.109. The minimum Gasteiger partial charge on any atom is -0.398 e. The third-order valence-electron chi connectivity index (χ3n) is 5.01. The van der Waals surface area contributed by atoms with Gasteiger partial charge in [0.1, 0.15) is 0 Å². The third kappa shape index (κ3) is 3.97. The summed E-state index contributed by atoms with van der Waals surface area (Å²) in [6.07, 6.45) is 2.57. The summed E-state index contributed by atoms with van der Waals surface area (Å²) in [6.45, 7) is 7.98. The van der Waals surface area contributed by atoms with E-state index in [0.29, 0.717) is 0 Å². The van der Waals surface area contributed by atoms with Crippen molar-refractivity contribution in [2.24, 2.45) is 0 Å². The number of hydrogen-bond acceptors (Lipinski definition) is 3. The number of piperazine rings is 1. The Hall–Kier alpha value is -1.84. The highest BCUT2D eigenvalue weighted by Gasteiger charge is 2.27. The standard InChI is InChI=1S/C21H29N3/c1-2-3-13-23-14-16-24(17-15-23)21(18-9-5-4-6-10-18)19-11-7-8-12-20(19)22/h4-12,21H,2-3,13-17,22H2,1H3. The van der Waals surface area contributed by atoms with Gasteiger partial charge in [-0.15, -0.1) is 0 Å². The van der Waals surface area contributed by atoms with Crippen LogP contribution in [0.2, 0.25) is 0 Å². The Morgan fingerprint density at radius 1 is 0.917 bits per heavy atom. The van der Waals surface area contributed by atoms with E-state index in [2.05, 4.69) is 59.2 Å². The second-order valence-electron chi connectivity index (χ2n) is 6.67. The summed E-state index contributed by atoms with van der Waals surface area (Å²) in [7, 11) is 0. The van der Waals surface area contributed by atoms with E-state index >= 15 is 0 Å². The van der Waals surface area contributed by atoms with E-state index in [9.17, 15) is 0 Å². The van der Waals surface area contributed by atoms with Crippen LogP contribution in [-0.4, -0.2) is 42.5 Å². The lowest BCUT2D eigenvalue weighted by atomic mass is 9.95. The Kier molecular flexibility index (Phi) is 5.89. The Morgan fingerprint density at radius 3 is 2.25 bits per heavy atom. The van der Waals surface area contributed by atoms with Crippen LogP contribution in [0.5, 0.6) is 0 Å². The molecule has 2 aromatic rings. The zero-order valence-corrected chi connectivity index (χ0v) is 14.7. The van der Waals surface area contributed by atoms with Crippen molar-refractivity contribution in [1.29, 1.82) is 0 Å². The number of nitrogens with zero attached hydrogens (tertiary/aromatic N) is 2. The highest BCUT2D eigenvalue weighted by Crippen LogP contribution is 2.32. The van der Waals surface area contributed by atoms with Gasteiger partial charge in [-0.05, 0) is 30.2 Å². The van der Waals surface area contributed by atoms with Gasteiger partial charge in [-0.2, -0.15) is 0 Å². The van der Waals surface area contributed by atoms with Crippen LogP contribution in [0.1, 0.15) is 36.9 Å². The molecule has 1 aliphatic rings. The van der Waals surface area contributed by atoms with Crippen molar-refractivity contribution in [2.45, 2.75) is 25.8 Å². The van der Waals surface area contributed by atoms with Crippen LogP contribution in [-0.2, 0) is 0 Å². The van der Waals surface area contributed by atoms with E-state index in [-0.39, 0.29) is 6.04 Å². The quantitative estimate of drug-likeness (QED) is 0.821. The van der Waals surface area contributed by atoms with Gasteiger partial charge in [0.05, 0.1) is 6.04 Å². The molecule has 24 heavy (non-hydrogen) atoms. The van der Waals surface area contributed by atoms with Crippen molar-refractivity contribution in [3.63, 3.8) is 0 Å². The number of para-hydroxylation sites is 1. The van der Waals surface area contributed by atoms with Gasteiger partial charge >= 0.3 is 0 Å². The molecule has 128 valence electrons. The van der Waals surface area contributed by atoms with Gasteiger partial charge in [-0.1, -0.05) is 61.9 Å². The normalized spacial score (nSPS) is 17.7. The number of rotatable bonds is 6. The fraction of sp³-hybridized carbons (Fsp3) is 0.429. The van der Waals surface area contributed by atoms with Crippen molar-refractivity contribution in [3.8, 4) is 0 Å². The number of unbranched alkanes of at least 4 members (excludes halogenated alkanes) is 1. The van der Waals surface area contributed by atoms with Gasteiger partial charge in [0.2, 0.25) is 0 Å². The van der Waals surface area contributed by atoms with Crippen LogP contribution in [0.4, 0.5) is 5.69 Å². The number of nitrogens with two attached hydrogens (primary N) is 1. The Balaban J connectivity index is 1.81. The molecule has 1 atom stereocenters. The molecule has 0 amide bonds. The highest BCUT2D eigenvalue weighted by molar-refractivity contribution is 5.51. The highest BCUT2D eigenvalue weighted by atomic mass is 15.3. The third-order valence-corrected chi connectivity index (χ3v) is 5.01. The first-order valence-electron chi connectivity index (χ1n) is 9.15. The Bertz CT molecular complexity index is 618. The zero-order valence-electron chi connectivity index (χ0n) is 14.7. The second kappa shape index (κ2) is 8.32. The molecule has 1 fully saturated rings. The maximum Gasteiger partial charge on any atom is 0.0623 e. The number of hydrogen-bond donors (Lipinski definition) is 1. The van der Waals surface area contributed by atoms with E-state index in [0.717, 1.165) is 31.9 Å². The summed E-state index contributed by atoms with van der Waals surface area (Å²) in [6, 6.07) is 19.3. The molecule has 2 aromatic carbocycles. The molecule has 1 saturated heterocycles. The van der Waals surface area contributed by atoms with Crippen molar-refractivity contribution >= 4 is 5.69 Å². The van der Waals surface area contributed by atoms with Crippen LogP contribution in [0.15, 0.2) is 54.6 Å². The van der Waals surface area contributed by atoms with E-state index in [1.807, 2.05) is 12.1 Å². The second-order valence-corrected chi connectivity index (χ2v) is 6.67. The van der Waals surface area contributed by atoms with Crippen molar-refractivity contribution in [2.75, 3.05) is 38.5 Å². The molecule has 3 rings (SSSR count). The summed E-state index contributed by atoms with van der Waals surface area (Å²) in [5.41, 5.74) is 9.77. The largest absolute Gasteiger partial charge is 0.398 e. The van der Waals surface area contributed by atoms with E-state index < -0.39 is 0 Å². The van der Waals surface area contributed by atoms with Crippen LogP contribution in [0.3, 0.4) is 0 Å². The van der Waals surface area contributed by atoms with Crippen LogP contribution in [0.25, 0.3) is 0 Å². The average Bonchev–Trinajstić information content (AvgIpc) is 2.64. The number of benzene rings is 2. The van der Waals surface area contributed by atoms with Gasteiger partial charge in [-0.25, -0.2) is 0 Å². The van der Waals surface area contributed by atoms with E-state index in [1.54, 1.807) is 0 Å². The zero-order chi connectivity index (χ0) is 16.8. The molecule has 3 heteroatoms. The fourth-order valence-corrected chi connectivity index (χ4v) is 3.61. The molecule has 0 saturated carbocycles. The predicted molar refractivity (Wildman–Crippen MR) is 102 cm³/mol. The summed E-state index contributed by atoms with van der Waals surface area (Å²) in [5, 5.41) is 0. The fourth-order valence-electron chi connectivity index (χ4n) is 3.61. The van der Waals surface area contributed by atoms with Gasteiger partial charge in [0.25, 0.3) is 0 Å². The first-order chi connectivity index (χ1) is 11.8. The van der Waals surface area contributed by atoms with Gasteiger partial charge < -0.3 is 10.6 Å². The molecule has 2 N–H and O–H groups in total. The topological polar surface area (TPSA) is 32.5 Å². The molecule has 3 nitrogen and oxygen atoms in total. The number of nitrogen functional groups attached to an aromatic ring is 1. The van der Waals surface area contributed by atoms with E-state index in [4.69, 9.17) is 5.73 Å². The van der Waals surface area contributed by atoms with Crippen LogP contribution >= 0.6 is 0 Å². The summed E-state index contributed by atoms with van der Waals surface area (Å²) in [5.74, 6) is 0. The van der Waals surface area contributed by atoms with Crippen LogP contribution in [0, 0.1) is 0 Å². The van der Waals surface area contributed by atoms with Crippen LogP contribution < -0.4 is 5.73 Å². The maximum atomic E-state index is 6.32. The minimum atomic E-state index is 0.251. The molecule has 0 aliphatic carbocycles. The summed E-state index contributed by atoms with van der Waals surface area (Å²) >= 11 is 0. The molecule has 0 bridgehead atoms. The summed E-state index contributed by atoms with van der Waals surface area (Å²) < 4.78 is 0. The van der Waals surface area contributed by atoms with Crippen molar-refractivity contribution in [1.82, 2.24) is 9.80 Å². The monoisotopic (exact) mass is 323 g/mol. The van der Waals surface area contributed by atoms with Crippen molar-refractivity contribution < 1.29 is 0 Å². The van der Waals surface area contributed by atoms with Gasteiger partial charge in [0.15, 0.2) is 0 Å². The molecule has 0 radical (unpaired) electrons. The molecule has 0 aromatic heterocycles. The molecule has 1 aliphatic heterocycles.